The van der Waals surface area contributed by atoms with Gasteiger partial charge in [0.05, 0.1) is 4.90 Å². The van der Waals surface area contributed by atoms with Gasteiger partial charge in [-0.1, -0.05) is 60.7 Å². The van der Waals surface area contributed by atoms with Crippen LogP contribution < -0.4 is 4.72 Å². The third kappa shape index (κ3) is 5.13. The molecule has 0 radical (unpaired) electrons. The van der Waals surface area contributed by atoms with E-state index >= 15 is 0 Å². The van der Waals surface area contributed by atoms with Crippen LogP contribution in [0.3, 0.4) is 0 Å². The second kappa shape index (κ2) is 10.0. The zero-order valence-corrected chi connectivity index (χ0v) is 19.0. The maximum atomic E-state index is 13.5. The van der Waals surface area contributed by atoms with E-state index in [1.807, 2.05) is 48.5 Å². The number of aliphatic carboxylic acids is 1. The molecule has 2 aromatic rings. The van der Waals surface area contributed by atoms with E-state index in [9.17, 15) is 13.2 Å². The van der Waals surface area contributed by atoms with E-state index in [1.165, 1.54) is 6.42 Å². The minimum absolute atomic E-state index is 0.0498. The van der Waals surface area contributed by atoms with Crippen molar-refractivity contribution in [3.05, 3.63) is 66.7 Å². The third-order valence-corrected chi connectivity index (χ3v) is 8.49. The topological polar surface area (TPSA) is 83.5 Å². The summed E-state index contributed by atoms with van der Waals surface area (Å²) in [5, 5.41) is 8.75. The van der Waals surface area contributed by atoms with Crippen molar-refractivity contribution in [1.29, 1.82) is 0 Å². The molecule has 2 saturated carbocycles. The van der Waals surface area contributed by atoms with Crippen LogP contribution in [0.25, 0.3) is 11.1 Å². The Morgan fingerprint density at radius 2 is 1.72 bits per heavy atom. The molecule has 2 bridgehead atoms. The number of benzene rings is 2. The number of sulfonamides is 1. The van der Waals surface area contributed by atoms with Crippen molar-refractivity contribution in [3.63, 3.8) is 0 Å². The van der Waals surface area contributed by atoms with Crippen LogP contribution in [0.15, 0.2) is 71.6 Å². The summed E-state index contributed by atoms with van der Waals surface area (Å²) in [5.41, 5.74) is 1.61. The van der Waals surface area contributed by atoms with E-state index in [4.69, 9.17) is 5.11 Å². The molecular weight excluding hydrogens is 422 g/mol. The largest absolute Gasteiger partial charge is 0.481 e. The van der Waals surface area contributed by atoms with Crippen molar-refractivity contribution < 1.29 is 18.3 Å². The average Bonchev–Trinajstić information content (AvgIpc) is 3.39. The zero-order chi connectivity index (χ0) is 22.6. The number of carboxylic acid groups (broad SMARTS) is 1. The standard InChI is InChI=1S/C26H31NO4S/c28-25(29)15-7-2-1-6-13-23-20-16-17-21(18-20)26(23)27-32(30,31)24-14-9-8-12-22(24)19-10-4-3-5-11-19/h1,3-6,8-12,14,20-21,23,26-27H,2,7,13,15-18H2,(H,28,29)/b6-1-/t20-,21+,23+,26+/m0/s1. The molecule has 0 aromatic heterocycles. The normalized spacial score (nSPS) is 24.9. The van der Waals surface area contributed by atoms with E-state index in [-0.39, 0.29) is 12.5 Å². The highest BCUT2D eigenvalue weighted by atomic mass is 32.2. The van der Waals surface area contributed by atoms with Gasteiger partial charge in [-0.15, -0.1) is 0 Å². The lowest BCUT2D eigenvalue weighted by molar-refractivity contribution is -0.137. The zero-order valence-electron chi connectivity index (χ0n) is 18.2. The van der Waals surface area contributed by atoms with Crippen molar-refractivity contribution in [3.8, 4) is 11.1 Å². The van der Waals surface area contributed by atoms with E-state index in [0.29, 0.717) is 29.1 Å². The second-order valence-electron chi connectivity index (χ2n) is 9.00. The summed E-state index contributed by atoms with van der Waals surface area (Å²) in [6.07, 6.45) is 9.90. The number of unbranched alkanes of at least 4 members (excludes halogenated alkanes) is 1. The van der Waals surface area contributed by atoms with Gasteiger partial charge < -0.3 is 5.11 Å². The molecule has 0 spiro atoms. The maximum Gasteiger partial charge on any atom is 0.303 e. The Morgan fingerprint density at radius 3 is 2.50 bits per heavy atom. The number of fused-ring (bicyclic) bond motifs is 2. The van der Waals surface area contributed by atoms with E-state index < -0.39 is 16.0 Å². The van der Waals surface area contributed by atoms with Crippen LogP contribution in [0.1, 0.15) is 44.9 Å². The fraction of sp³-hybridized carbons (Fsp3) is 0.423. The molecule has 0 aliphatic heterocycles. The van der Waals surface area contributed by atoms with Crippen LogP contribution in [0.5, 0.6) is 0 Å². The highest BCUT2D eigenvalue weighted by Crippen LogP contribution is 2.50. The Morgan fingerprint density at radius 1 is 1.00 bits per heavy atom. The van der Waals surface area contributed by atoms with Gasteiger partial charge in [0.2, 0.25) is 10.0 Å². The molecule has 2 aromatic carbocycles. The lowest BCUT2D eigenvalue weighted by atomic mass is 9.83. The summed E-state index contributed by atoms with van der Waals surface area (Å²) in [6, 6.07) is 16.8. The van der Waals surface area contributed by atoms with Gasteiger partial charge in [-0.2, -0.15) is 0 Å². The van der Waals surface area contributed by atoms with Gasteiger partial charge in [-0.05, 0) is 67.9 Å². The summed E-state index contributed by atoms with van der Waals surface area (Å²) in [6.45, 7) is 0. The lowest BCUT2D eigenvalue weighted by Gasteiger charge is -2.31. The smallest absolute Gasteiger partial charge is 0.303 e. The molecule has 0 unspecified atom stereocenters. The van der Waals surface area contributed by atoms with Crippen LogP contribution in [0, 0.1) is 17.8 Å². The Hall–Kier alpha value is -2.44. The van der Waals surface area contributed by atoms with Crippen molar-refractivity contribution >= 4 is 16.0 Å². The Bertz CT molecular complexity index is 1060. The summed E-state index contributed by atoms with van der Waals surface area (Å²) in [7, 11) is -3.67. The van der Waals surface area contributed by atoms with Crippen molar-refractivity contribution in [2.75, 3.05) is 0 Å². The van der Waals surface area contributed by atoms with Gasteiger partial charge >= 0.3 is 5.97 Å². The molecule has 0 amide bonds. The van der Waals surface area contributed by atoms with Gasteiger partial charge in [-0.25, -0.2) is 13.1 Å². The van der Waals surface area contributed by atoms with Crippen molar-refractivity contribution in [2.45, 2.75) is 55.9 Å². The van der Waals surface area contributed by atoms with E-state index in [2.05, 4.69) is 10.8 Å². The number of nitrogens with one attached hydrogen (secondary N) is 1. The number of hydrogen-bond acceptors (Lipinski definition) is 3. The summed E-state index contributed by atoms with van der Waals surface area (Å²) >= 11 is 0. The first-order chi connectivity index (χ1) is 15.5. The van der Waals surface area contributed by atoms with E-state index in [0.717, 1.165) is 36.8 Å². The van der Waals surface area contributed by atoms with E-state index in [1.54, 1.807) is 12.1 Å². The molecule has 2 fully saturated rings. The second-order valence-corrected chi connectivity index (χ2v) is 10.7. The van der Waals surface area contributed by atoms with Crippen LogP contribution >= 0.6 is 0 Å². The first-order valence-electron chi connectivity index (χ1n) is 11.5. The molecule has 170 valence electrons. The number of carbonyl (C=O) groups is 1. The highest BCUT2D eigenvalue weighted by Gasteiger charge is 2.48. The predicted octanol–water partition coefficient (Wildman–Crippen LogP) is 5.25. The highest BCUT2D eigenvalue weighted by molar-refractivity contribution is 7.89. The Kier molecular flexibility index (Phi) is 7.11. The van der Waals surface area contributed by atoms with Gasteiger partial charge in [0, 0.05) is 18.0 Å². The predicted molar refractivity (Wildman–Crippen MR) is 126 cm³/mol. The number of allylic oxidation sites excluding steroid dienone is 2. The molecule has 2 aliphatic rings. The van der Waals surface area contributed by atoms with Crippen molar-refractivity contribution in [1.82, 2.24) is 4.72 Å². The van der Waals surface area contributed by atoms with Crippen molar-refractivity contribution in [2.24, 2.45) is 17.8 Å². The van der Waals surface area contributed by atoms with Gasteiger partial charge in [-0.3, -0.25) is 4.79 Å². The fourth-order valence-electron chi connectivity index (χ4n) is 5.48. The molecule has 0 saturated heterocycles. The van der Waals surface area contributed by atoms with Gasteiger partial charge in [0.15, 0.2) is 0 Å². The SMILES string of the molecule is O=C(O)CCC/C=C\C[C@@H]1[C@H]2CC[C@H](C2)[C@H]1NS(=O)(=O)c1ccccc1-c1ccccc1. The monoisotopic (exact) mass is 453 g/mol. The lowest BCUT2D eigenvalue weighted by Crippen LogP contribution is -2.43. The molecule has 5 nitrogen and oxygen atoms in total. The summed E-state index contributed by atoms with van der Waals surface area (Å²) < 4.78 is 30.1. The van der Waals surface area contributed by atoms with Crippen LogP contribution in [-0.2, 0) is 14.8 Å². The fourth-order valence-corrected chi connectivity index (χ4v) is 7.06. The van der Waals surface area contributed by atoms with Gasteiger partial charge in [0.1, 0.15) is 0 Å². The number of carboxylic acids is 1. The molecule has 32 heavy (non-hydrogen) atoms. The molecule has 6 heteroatoms. The molecule has 4 atom stereocenters. The molecule has 2 aliphatic carbocycles. The number of hydrogen-bond donors (Lipinski definition) is 2. The van der Waals surface area contributed by atoms with Gasteiger partial charge in [0.25, 0.3) is 0 Å². The molecule has 2 N–H and O–H groups in total. The molecule has 0 heterocycles. The average molecular weight is 454 g/mol. The minimum Gasteiger partial charge on any atom is -0.481 e. The third-order valence-electron chi connectivity index (χ3n) is 6.98. The Balaban J connectivity index is 1.49. The summed E-state index contributed by atoms with van der Waals surface area (Å²) in [4.78, 5) is 11.0. The Labute approximate surface area is 190 Å². The number of rotatable bonds is 10. The first kappa shape index (κ1) is 22.7. The molecule has 4 rings (SSSR count). The quantitative estimate of drug-likeness (QED) is 0.380. The minimum atomic E-state index is -3.67. The van der Waals surface area contributed by atoms with Crippen LogP contribution in [0.2, 0.25) is 0 Å². The maximum absolute atomic E-state index is 13.5. The summed E-state index contributed by atoms with van der Waals surface area (Å²) in [5.74, 6) is 0.477. The molecular formula is C26H31NO4S. The van der Waals surface area contributed by atoms with Crippen LogP contribution in [-0.4, -0.2) is 25.5 Å². The first-order valence-corrected chi connectivity index (χ1v) is 13.0. The van der Waals surface area contributed by atoms with Crippen LogP contribution in [0.4, 0.5) is 0 Å².